The molecule has 102 valence electrons. The van der Waals surface area contributed by atoms with Gasteiger partial charge in [0.1, 0.15) is 11.9 Å². The summed E-state index contributed by atoms with van der Waals surface area (Å²) in [6.07, 6.45) is 0. The Morgan fingerprint density at radius 1 is 1.47 bits per heavy atom. The van der Waals surface area contributed by atoms with E-state index >= 15 is 0 Å². The lowest BCUT2D eigenvalue weighted by Gasteiger charge is -2.34. The summed E-state index contributed by atoms with van der Waals surface area (Å²) in [5, 5.41) is 2.98. The van der Waals surface area contributed by atoms with E-state index in [1.54, 1.807) is 0 Å². The molecule has 1 aliphatic rings. The van der Waals surface area contributed by atoms with Crippen molar-refractivity contribution in [2.24, 2.45) is 5.73 Å². The van der Waals surface area contributed by atoms with Gasteiger partial charge in [-0.1, -0.05) is 17.7 Å². The van der Waals surface area contributed by atoms with Crippen molar-refractivity contribution in [3.8, 4) is 0 Å². The second-order valence-electron chi connectivity index (χ2n) is 4.22. The molecule has 2 rings (SSSR count). The van der Waals surface area contributed by atoms with E-state index in [9.17, 15) is 14.0 Å². The highest BCUT2D eigenvalue weighted by atomic mass is 35.5. The number of halogens is 2. The van der Waals surface area contributed by atoms with Crippen LogP contribution in [-0.2, 0) is 4.79 Å². The highest BCUT2D eigenvalue weighted by Gasteiger charge is 2.33. The summed E-state index contributed by atoms with van der Waals surface area (Å²) in [7, 11) is 0. The number of nitrogens with two attached hydrogens (primary N) is 1. The summed E-state index contributed by atoms with van der Waals surface area (Å²) in [6, 6.07) is 3.20. The Bertz CT molecular complexity index is 503. The first kappa shape index (κ1) is 13.8. The van der Waals surface area contributed by atoms with Crippen molar-refractivity contribution in [2.45, 2.75) is 6.04 Å². The van der Waals surface area contributed by atoms with Crippen molar-refractivity contribution in [3.05, 3.63) is 34.6 Å². The van der Waals surface area contributed by atoms with Crippen LogP contribution in [-0.4, -0.2) is 42.4 Å². The van der Waals surface area contributed by atoms with E-state index in [1.807, 2.05) is 0 Å². The Balaban J connectivity index is 2.34. The quantitative estimate of drug-likeness (QED) is 0.825. The molecular formula is C12H13ClFN3O2. The maximum absolute atomic E-state index is 13.7. The number of carbonyl (C=O) groups is 2. The van der Waals surface area contributed by atoms with Crippen LogP contribution in [0.3, 0.4) is 0 Å². The number of amides is 2. The molecule has 0 aliphatic carbocycles. The zero-order valence-corrected chi connectivity index (χ0v) is 10.8. The summed E-state index contributed by atoms with van der Waals surface area (Å²) in [6.45, 7) is 1.05. The molecule has 1 heterocycles. The molecular weight excluding hydrogens is 273 g/mol. The molecule has 5 nitrogen and oxygen atoms in total. The minimum absolute atomic E-state index is 0.0201. The van der Waals surface area contributed by atoms with Crippen LogP contribution in [0.25, 0.3) is 0 Å². The van der Waals surface area contributed by atoms with Gasteiger partial charge in [0.2, 0.25) is 5.91 Å². The monoisotopic (exact) mass is 285 g/mol. The van der Waals surface area contributed by atoms with Crippen LogP contribution in [0, 0.1) is 5.82 Å². The standard InChI is InChI=1S/C12H13ClFN3O2/c13-7-2-1-3-8(14)10(7)12(19)17-5-4-16-6-9(17)11(15)18/h1-3,9,16H,4-6H2,(H2,15,18). The Morgan fingerprint density at radius 2 is 2.21 bits per heavy atom. The molecule has 1 aliphatic heterocycles. The van der Waals surface area contributed by atoms with Crippen molar-refractivity contribution in [1.82, 2.24) is 10.2 Å². The van der Waals surface area contributed by atoms with Crippen LogP contribution in [0.5, 0.6) is 0 Å². The molecule has 1 saturated heterocycles. The molecule has 1 atom stereocenters. The Kier molecular flexibility index (Phi) is 4.01. The molecule has 0 spiro atoms. The van der Waals surface area contributed by atoms with Crippen LogP contribution in [0.2, 0.25) is 5.02 Å². The SMILES string of the molecule is NC(=O)C1CNCCN1C(=O)c1c(F)cccc1Cl. The van der Waals surface area contributed by atoms with Crippen LogP contribution in [0.1, 0.15) is 10.4 Å². The number of primary amides is 1. The number of nitrogens with one attached hydrogen (secondary N) is 1. The molecule has 19 heavy (non-hydrogen) atoms. The van der Waals surface area contributed by atoms with Crippen molar-refractivity contribution < 1.29 is 14.0 Å². The average Bonchev–Trinajstić information content (AvgIpc) is 2.38. The smallest absolute Gasteiger partial charge is 0.259 e. The summed E-state index contributed by atoms with van der Waals surface area (Å²) in [5.74, 6) is -1.96. The third-order valence-electron chi connectivity index (χ3n) is 3.01. The van der Waals surface area contributed by atoms with E-state index < -0.39 is 23.7 Å². The maximum atomic E-state index is 13.7. The van der Waals surface area contributed by atoms with Crippen molar-refractivity contribution >= 4 is 23.4 Å². The first-order valence-electron chi connectivity index (χ1n) is 5.77. The largest absolute Gasteiger partial charge is 0.368 e. The number of hydrogen-bond acceptors (Lipinski definition) is 3. The van der Waals surface area contributed by atoms with Gasteiger partial charge in [-0.2, -0.15) is 0 Å². The van der Waals surface area contributed by atoms with Gasteiger partial charge >= 0.3 is 0 Å². The number of rotatable bonds is 2. The van der Waals surface area contributed by atoms with Gasteiger partial charge in [-0.05, 0) is 12.1 Å². The first-order chi connectivity index (χ1) is 9.02. The van der Waals surface area contributed by atoms with E-state index in [0.29, 0.717) is 6.54 Å². The lowest BCUT2D eigenvalue weighted by molar-refractivity contribution is -0.122. The minimum atomic E-state index is -0.795. The molecule has 1 aromatic rings. The normalized spacial score (nSPS) is 19.3. The van der Waals surface area contributed by atoms with Gasteiger partial charge in [0.25, 0.3) is 5.91 Å². The zero-order chi connectivity index (χ0) is 14.0. The Hall–Kier alpha value is -1.66. The average molecular weight is 286 g/mol. The van der Waals surface area contributed by atoms with E-state index in [2.05, 4.69) is 5.32 Å². The molecule has 7 heteroatoms. The first-order valence-corrected chi connectivity index (χ1v) is 6.15. The summed E-state index contributed by atoms with van der Waals surface area (Å²) in [4.78, 5) is 24.9. The molecule has 1 unspecified atom stereocenters. The number of benzene rings is 1. The number of carbonyl (C=O) groups excluding carboxylic acids is 2. The molecule has 2 amide bonds. The molecule has 0 aromatic heterocycles. The predicted molar refractivity (Wildman–Crippen MR) is 68.3 cm³/mol. The number of hydrogen-bond donors (Lipinski definition) is 2. The fourth-order valence-corrected chi connectivity index (χ4v) is 2.29. The maximum Gasteiger partial charge on any atom is 0.259 e. The predicted octanol–water partition coefficient (Wildman–Crippen LogP) is 0.378. The van der Waals surface area contributed by atoms with E-state index in [4.69, 9.17) is 17.3 Å². The molecule has 1 fully saturated rings. The van der Waals surface area contributed by atoms with Gasteiger partial charge in [0.05, 0.1) is 10.6 Å². The third kappa shape index (κ3) is 2.69. The summed E-state index contributed by atoms with van der Waals surface area (Å²) < 4.78 is 13.7. The molecule has 0 bridgehead atoms. The summed E-state index contributed by atoms with van der Waals surface area (Å²) >= 11 is 5.85. The topological polar surface area (TPSA) is 75.4 Å². The molecule has 3 N–H and O–H groups in total. The fraction of sp³-hybridized carbons (Fsp3) is 0.333. The lowest BCUT2D eigenvalue weighted by atomic mass is 10.1. The van der Waals surface area contributed by atoms with Gasteiger partial charge in [-0.3, -0.25) is 9.59 Å². The van der Waals surface area contributed by atoms with Gasteiger partial charge in [-0.15, -0.1) is 0 Å². The fourth-order valence-electron chi connectivity index (χ4n) is 2.05. The van der Waals surface area contributed by atoms with Crippen molar-refractivity contribution in [3.63, 3.8) is 0 Å². The van der Waals surface area contributed by atoms with Gasteiger partial charge in [0, 0.05) is 19.6 Å². The van der Waals surface area contributed by atoms with Gasteiger partial charge < -0.3 is 16.0 Å². The van der Waals surface area contributed by atoms with E-state index in [0.717, 1.165) is 6.07 Å². The van der Waals surface area contributed by atoms with E-state index in [1.165, 1.54) is 17.0 Å². The van der Waals surface area contributed by atoms with Crippen molar-refractivity contribution in [2.75, 3.05) is 19.6 Å². The summed E-state index contributed by atoms with van der Waals surface area (Å²) in [5.41, 5.74) is 5.03. The van der Waals surface area contributed by atoms with Crippen LogP contribution < -0.4 is 11.1 Å². The highest BCUT2D eigenvalue weighted by molar-refractivity contribution is 6.33. The Morgan fingerprint density at radius 3 is 2.84 bits per heavy atom. The van der Waals surface area contributed by atoms with Crippen molar-refractivity contribution in [1.29, 1.82) is 0 Å². The second-order valence-corrected chi connectivity index (χ2v) is 4.62. The minimum Gasteiger partial charge on any atom is -0.368 e. The lowest BCUT2D eigenvalue weighted by Crippen LogP contribution is -2.58. The zero-order valence-electron chi connectivity index (χ0n) is 10.0. The molecule has 0 saturated carbocycles. The van der Waals surface area contributed by atoms with Gasteiger partial charge in [-0.25, -0.2) is 4.39 Å². The third-order valence-corrected chi connectivity index (χ3v) is 3.32. The van der Waals surface area contributed by atoms with Crippen LogP contribution >= 0.6 is 11.6 Å². The second kappa shape index (κ2) is 5.54. The van der Waals surface area contributed by atoms with Crippen LogP contribution in [0.15, 0.2) is 18.2 Å². The van der Waals surface area contributed by atoms with E-state index in [-0.39, 0.29) is 23.7 Å². The number of nitrogens with zero attached hydrogens (tertiary/aromatic N) is 1. The molecule has 0 radical (unpaired) electrons. The number of piperazine rings is 1. The Labute approximate surface area is 114 Å². The van der Waals surface area contributed by atoms with Gasteiger partial charge in [0.15, 0.2) is 0 Å². The molecule has 1 aromatic carbocycles. The highest BCUT2D eigenvalue weighted by Crippen LogP contribution is 2.22. The van der Waals surface area contributed by atoms with Crippen LogP contribution in [0.4, 0.5) is 4.39 Å².